The first-order valence-electron chi connectivity index (χ1n) is 11.5. The molecular weight excluding hydrogens is 472 g/mol. The fourth-order valence-corrected chi connectivity index (χ4v) is 3.66. The van der Waals surface area contributed by atoms with E-state index in [-0.39, 0.29) is 11.8 Å². The summed E-state index contributed by atoms with van der Waals surface area (Å²) in [6.07, 6.45) is 0. The van der Waals surface area contributed by atoms with Gasteiger partial charge in [0.2, 0.25) is 5.91 Å². The average molecular weight is 499 g/mol. The standard InChI is InChI=1S/C29H27ClN4O2/c1-18(20-8-7-9-22(16-20)31-28(36)29(2,3)4)33-34-27(35)24-17-26(19-12-14-21(30)15-13-19)32-25-11-6-5-10-23(24)25/h5-17H,1-4H3,(H,31,36)(H,34,35). The van der Waals surface area contributed by atoms with Gasteiger partial charge < -0.3 is 5.32 Å². The molecule has 0 atom stereocenters. The van der Waals surface area contributed by atoms with Crippen molar-refractivity contribution in [2.75, 3.05) is 5.32 Å². The Hall–Kier alpha value is -4.03. The van der Waals surface area contributed by atoms with Gasteiger partial charge in [0.25, 0.3) is 5.91 Å². The predicted octanol–water partition coefficient (Wildman–Crippen LogP) is 6.69. The summed E-state index contributed by atoms with van der Waals surface area (Å²) in [6.45, 7) is 7.37. The number of nitrogens with zero attached hydrogens (tertiary/aromatic N) is 2. The number of rotatable bonds is 5. The van der Waals surface area contributed by atoms with Crippen LogP contribution >= 0.6 is 11.6 Å². The number of benzene rings is 3. The molecule has 2 amide bonds. The van der Waals surface area contributed by atoms with E-state index in [1.807, 2.05) is 81.4 Å². The quantitative estimate of drug-likeness (QED) is 0.237. The molecule has 182 valence electrons. The third kappa shape index (κ3) is 5.78. The maximum atomic E-state index is 13.2. The summed E-state index contributed by atoms with van der Waals surface area (Å²) in [4.78, 5) is 30.3. The van der Waals surface area contributed by atoms with E-state index in [0.717, 1.165) is 16.5 Å². The fraction of sp³-hybridized carbons (Fsp3) is 0.172. The van der Waals surface area contributed by atoms with Crippen LogP contribution < -0.4 is 10.7 Å². The first-order chi connectivity index (χ1) is 17.1. The Morgan fingerprint density at radius 3 is 2.36 bits per heavy atom. The molecule has 4 rings (SSSR count). The zero-order valence-electron chi connectivity index (χ0n) is 20.6. The first kappa shape index (κ1) is 25.1. The molecule has 0 spiro atoms. The van der Waals surface area contributed by atoms with Crippen molar-refractivity contribution >= 4 is 45.7 Å². The molecule has 2 N–H and O–H groups in total. The molecule has 1 heterocycles. The van der Waals surface area contributed by atoms with Gasteiger partial charge in [0.1, 0.15) is 0 Å². The van der Waals surface area contributed by atoms with Gasteiger partial charge in [-0.3, -0.25) is 9.59 Å². The van der Waals surface area contributed by atoms with Crippen LogP contribution in [0.1, 0.15) is 43.6 Å². The van der Waals surface area contributed by atoms with Crippen LogP contribution in [-0.2, 0) is 4.79 Å². The van der Waals surface area contributed by atoms with Crippen LogP contribution in [0, 0.1) is 5.41 Å². The summed E-state index contributed by atoms with van der Waals surface area (Å²) in [5.74, 6) is -0.427. The van der Waals surface area contributed by atoms with Crippen LogP contribution in [0.5, 0.6) is 0 Å². The average Bonchev–Trinajstić information content (AvgIpc) is 2.86. The SMILES string of the molecule is CC(=NNC(=O)c1cc(-c2ccc(Cl)cc2)nc2ccccc12)c1cccc(NC(=O)C(C)(C)C)c1. The van der Waals surface area contributed by atoms with E-state index in [1.54, 1.807) is 25.1 Å². The van der Waals surface area contributed by atoms with E-state index in [0.29, 0.717) is 33.2 Å². The van der Waals surface area contributed by atoms with E-state index in [4.69, 9.17) is 16.6 Å². The van der Waals surface area contributed by atoms with Crippen LogP contribution in [0.25, 0.3) is 22.2 Å². The Morgan fingerprint density at radius 2 is 1.64 bits per heavy atom. The molecule has 0 aliphatic rings. The molecule has 4 aromatic rings. The number of carbonyl (C=O) groups is 2. The van der Waals surface area contributed by atoms with E-state index in [9.17, 15) is 9.59 Å². The van der Waals surface area contributed by atoms with E-state index >= 15 is 0 Å². The summed E-state index contributed by atoms with van der Waals surface area (Å²) in [7, 11) is 0. The lowest BCUT2D eigenvalue weighted by Gasteiger charge is -2.18. The van der Waals surface area contributed by atoms with Gasteiger partial charge in [-0.15, -0.1) is 0 Å². The molecule has 0 saturated heterocycles. The van der Waals surface area contributed by atoms with Crippen LogP contribution in [0.3, 0.4) is 0 Å². The van der Waals surface area contributed by atoms with Crippen molar-refractivity contribution in [3.63, 3.8) is 0 Å². The second-order valence-corrected chi connectivity index (χ2v) is 9.94. The number of pyridine rings is 1. The zero-order chi connectivity index (χ0) is 25.9. The third-order valence-corrected chi connectivity index (χ3v) is 5.90. The first-order valence-corrected chi connectivity index (χ1v) is 11.9. The number of carbonyl (C=O) groups excluding carboxylic acids is 2. The highest BCUT2D eigenvalue weighted by molar-refractivity contribution is 6.30. The fourth-order valence-electron chi connectivity index (χ4n) is 3.53. The highest BCUT2D eigenvalue weighted by Gasteiger charge is 2.21. The number of halogens is 1. The number of anilines is 1. The lowest BCUT2D eigenvalue weighted by atomic mass is 9.95. The number of nitrogens with one attached hydrogen (secondary N) is 2. The Bertz CT molecular complexity index is 1470. The van der Waals surface area contributed by atoms with E-state index < -0.39 is 5.41 Å². The number of fused-ring (bicyclic) bond motifs is 1. The van der Waals surface area contributed by atoms with Gasteiger partial charge in [0.15, 0.2) is 0 Å². The lowest BCUT2D eigenvalue weighted by Crippen LogP contribution is -2.27. The van der Waals surface area contributed by atoms with Crippen LogP contribution in [0.2, 0.25) is 5.02 Å². The normalized spacial score (nSPS) is 11.9. The highest BCUT2D eigenvalue weighted by atomic mass is 35.5. The summed E-state index contributed by atoms with van der Waals surface area (Å²) in [5.41, 5.74) is 6.91. The summed E-state index contributed by atoms with van der Waals surface area (Å²) in [5, 5.41) is 8.60. The molecule has 0 aliphatic carbocycles. The molecule has 0 unspecified atom stereocenters. The smallest absolute Gasteiger partial charge is 0.272 e. The Kier molecular flexibility index (Phi) is 7.17. The van der Waals surface area contributed by atoms with Crippen LogP contribution in [0.15, 0.2) is 84.0 Å². The van der Waals surface area contributed by atoms with Crippen molar-refractivity contribution in [3.8, 4) is 11.3 Å². The second-order valence-electron chi connectivity index (χ2n) is 9.50. The number of hydrogen-bond acceptors (Lipinski definition) is 4. The summed E-state index contributed by atoms with van der Waals surface area (Å²) < 4.78 is 0. The second kappa shape index (κ2) is 10.3. The largest absolute Gasteiger partial charge is 0.326 e. The van der Waals surface area contributed by atoms with Crippen molar-refractivity contribution in [3.05, 3.63) is 95.0 Å². The topological polar surface area (TPSA) is 83.4 Å². The number of aromatic nitrogens is 1. The monoisotopic (exact) mass is 498 g/mol. The van der Waals surface area contributed by atoms with Gasteiger partial charge in [-0.05, 0) is 48.9 Å². The van der Waals surface area contributed by atoms with Gasteiger partial charge in [0, 0.05) is 27.1 Å². The van der Waals surface area contributed by atoms with Gasteiger partial charge in [-0.25, -0.2) is 10.4 Å². The molecule has 0 aliphatic heterocycles. The maximum Gasteiger partial charge on any atom is 0.272 e. The molecule has 36 heavy (non-hydrogen) atoms. The molecule has 7 heteroatoms. The van der Waals surface area contributed by atoms with Crippen molar-refractivity contribution in [2.24, 2.45) is 10.5 Å². The third-order valence-electron chi connectivity index (χ3n) is 5.65. The number of para-hydroxylation sites is 1. The van der Waals surface area contributed by atoms with Gasteiger partial charge in [-0.2, -0.15) is 5.10 Å². The maximum absolute atomic E-state index is 13.2. The number of hydrogen-bond donors (Lipinski definition) is 2. The molecular formula is C29H27ClN4O2. The number of hydrazone groups is 1. The van der Waals surface area contributed by atoms with Gasteiger partial charge in [0.05, 0.1) is 22.5 Å². The molecule has 0 bridgehead atoms. The minimum atomic E-state index is -0.509. The lowest BCUT2D eigenvalue weighted by molar-refractivity contribution is -0.123. The van der Waals surface area contributed by atoms with Crippen molar-refractivity contribution in [1.29, 1.82) is 0 Å². The van der Waals surface area contributed by atoms with Crippen molar-refractivity contribution in [2.45, 2.75) is 27.7 Å². The van der Waals surface area contributed by atoms with E-state index in [1.165, 1.54) is 0 Å². The molecule has 0 radical (unpaired) electrons. The number of amides is 2. The Labute approximate surface area is 215 Å². The van der Waals surface area contributed by atoms with Gasteiger partial charge >= 0.3 is 0 Å². The minimum absolute atomic E-state index is 0.0800. The summed E-state index contributed by atoms with van der Waals surface area (Å²) in [6, 6.07) is 23.9. The predicted molar refractivity (Wildman–Crippen MR) is 146 cm³/mol. The molecule has 3 aromatic carbocycles. The van der Waals surface area contributed by atoms with Crippen LogP contribution in [-0.4, -0.2) is 22.5 Å². The molecule has 6 nitrogen and oxygen atoms in total. The molecule has 0 saturated carbocycles. The van der Waals surface area contributed by atoms with Gasteiger partial charge in [-0.1, -0.05) is 74.8 Å². The molecule has 1 aromatic heterocycles. The molecule has 0 fully saturated rings. The van der Waals surface area contributed by atoms with Crippen molar-refractivity contribution in [1.82, 2.24) is 10.4 Å². The summed E-state index contributed by atoms with van der Waals surface area (Å²) >= 11 is 6.03. The zero-order valence-corrected chi connectivity index (χ0v) is 21.4. The Balaban J connectivity index is 1.60. The highest BCUT2D eigenvalue weighted by Crippen LogP contribution is 2.26. The van der Waals surface area contributed by atoms with Crippen molar-refractivity contribution < 1.29 is 9.59 Å². The van der Waals surface area contributed by atoms with E-state index in [2.05, 4.69) is 15.8 Å². The minimum Gasteiger partial charge on any atom is -0.326 e. The Morgan fingerprint density at radius 1 is 0.917 bits per heavy atom. The van der Waals surface area contributed by atoms with Crippen LogP contribution in [0.4, 0.5) is 5.69 Å².